The molecule has 3 rings (SSSR count). The van der Waals surface area contributed by atoms with Gasteiger partial charge in [-0.2, -0.15) is 0 Å². The van der Waals surface area contributed by atoms with Crippen LogP contribution in [0.2, 0.25) is 0 Å². The molecular formula is C26H31F2N2O6+. The van der Waals surface area contributed by atoms with Gasteiger partial charge in [0.2, 0.25) is 11.9 Å². The highest BCUT2D eigenvalue weighted by atomic mass is 19.1. The van der Waals surface area contributed by atoms with Crippen molar-refractivity contribution < 1.29 is 42.9 Å². The molecule has 1 unspecified atom stereocenters. The van der Waals surface area contributed by atoms with Crippen LogP contribution < -0.4 is 15.2 Å². The Morgan fingerprint density at radius 1 is 1.08 bits per heavy atom. The standard InChI is InChI=1S/C13H17FO2.C7H8N2O4.C6H5F/c1-4-13(15)16-10(3)8-11-5-6-12(14)7-9(11)2;1-13-4-2-3-9(12)5(6(4)10)7(8)11;7-6-4-2-1-3-5-6/h5-7,10H,4,8H2,1-3H3;2-3H,1H3,(H3-,8,10,11,12);1-5H/p+1. The van der Waals surface area contributed by atoms with Crippen molar-refractivity contribution in [1.29, 1.82) is 0 Å². The summed E-state index contributed by atoms with van der Waals surface area (Å²) >= 11 is 0. The number of ether oxygens (including phenoxy) is 2. The molecule has 0 aliphatic heterocycles. The second-order valence-electron chi connectivity index (χ2n) is 7.51. The first-order valence-electron chi connectivity index (χ1n) is 11.0. The van der Waals surface area contributed by atoms with Gasteiger partial charge in [-0.3, -0.25) is 14.8 Å². The van der Waals surface area contributed by atoms with E-state index < -0.39 is 17.4 Å². The Labute approximate surface area is 208 Å². The minimum Gasteiger partial charge on any atom is -0.499 e. The average Bonchev–Trinajstić information content (AvgIpc) is 2.82. The van der Waals surface area contributed by atoms with Gasteiger partial charge >= 0.3 is 17.6 Å². The number of benzene rings is 2. The van der Waals surface area contributed by atoms with E-state index in [0.717, 1.165) is 17.3 Å². The summed E-state index contributed by atoms with van der Waals surface area (Å²) in [6.45, 7) is 5.46. The van der Waals surface area contributed by atoms with E-state index in [2.05, 4.69) is 0 Å². The van der Waals surface area contributed by atoms with Crippen LogP contribution in [0.3, 0.4) is 0 Å². The van der Waals surface area contributed by atoms with Crippen LogP contribution in [0.15, 0.2) is 60.8 Å². The normalized spacial score (nSPS) is 10.6. The Balaban J connectivity index is 0.000000289. The lowest BCUT2D eigenvalue weighted by Crippen LogP contribution is -2.39. The number of halogens is 2. The van der Waals surface area contributed by atoms with Gasteiger partial charge in [-0.25, -0.2) is 8.78 Å². The maximum absolute atomic E-state index is 12.9. The fourth-order valence-electron chi connectivity index (χ4n) is 2.87. The predicted octanol–water partition coefficient (Wildman–Crippen LogP) is 3.87. The van der Waals surface area contributed by atoms with Crippen LogP contribution in [0, 0.1) is 18.6 Å². The van der Waals surface area contributed by atoms with E-state index in [4.69, 9.17) is 20.4 Å². The zero-order valence-corrected chi connectivity index (χ0v) is 20.6. The quantitative estimate of drug-likeness (QED) is 0.266. The molecule has 0 radical (unpaired) electrons. The van der Waals surface area contributed by atoms with Crippen LogP contribution in [0.1, 0.15) is 41.9 Å². The van der Waals surface area contributed by atoms with Crippen molar-refractivity contribution in [2.24, 2.45) is 5.73 Å². The van der Waals surface area contributed by atoms with E-state index in [9.17, 15) is 23.5 Å². The SMILES string of the molecule is CCC(=O)OC(C)Cc1ccc(F)cc1C.COc1cc[n+](O)c(C(N)=O)c1O.Fc1ccccc1. The first-order valence-corrected chi connectivity index (χ1v) is 11.0. The number of aromatic nitrogens is 1. The third kappa shape index (κ3) is 9.96. The minimum atomic E-state index is -0.945. The first kappa shape index (κ1) is 29.8. The number of pyridine rings is 1. The summed E-state index contributed by atoms with van der Waals surface area (Å²) in [7, 11) is 1.32. The van der Waals surface area contributed by atoms with Gasteiger partial charge in [-0.15, -0.1) is 0 Å². The number of aryl methyl sites for hydroxylation is 1. The number of amides is 1. The number of aromatic hydroxyl groups is 1. The number of hydrogen-bond acceptors (Lipinski definition) is 6. The molecule has 36 heavy (non-hydrogen) atoms. The Bertz CT molecular complexity index is 1140. The van der Waals surface area contributed by atoms with E-state index in [-0.39, 0.29) is 29.5 Å². The van der Waals surface area contributed by atoms with Gasteiger partial charge in [0.15, 0.2) is 5.75 Å². The molecule has 0 saturated carbocycles. The summed E-state index contributed by atoms with van der Waals surface area (Å²) in [6, 6.07) is 13.9. The highest BCUT2D eigenvalue weighted by Crippen LogP contribution is 2.25. The number of methoxy groups -OCH3 is 1. The monoisotopic (exact) mass is 505 g/mol. The molecule has 1 aromatic heterocycles. The molecular weight excluding hydrogens is 474 g/mol. The van der Waals surface area contributed by atoms with Gasteiger partial charge in [0.25, 0.3) is 0 Å². The van der Waals surface area contributed by atoms with Crippen molar-refractivity contribution in [3.8, 4) is 11.5 Å². The second kappa shape index (κ2) is 14.9. The zero-order chi connectivity index (χ0) is 27.3. The van der Waals surface area contributed by atoms with Crippen molar-refractivity contribution in [3.63, 3.8) is 0 Å². The number of rotatable bonds is 6. The number of nitrogens with two attached hydrogens (primary N) is 1. The number of carbonyl (C=O) groups is 2. The highest BCUT2D eigenvalue weighted by molar-refractivity contribution is 5.92. The van der Waals surface area contributed by atoms with Crippen molar-refractivity contribution in [1.82, 2.24) is 0 Å². The molecule has 1 heterocycles. The summed E-state index contributed by atoms with van der Waals surface area (Å²) in [6.07, 6.45) is 1.97. The largest absolute Gasteiger partial charge is 0.499 e. The summed E-state index contributed by atoms with van der Waals surface area (Å²) < 4.78 is 35.1. The van der Waals surface area contributed by atoms with E-state index >= 15 is 0 Å². The number of hydrogen-bond donors (Lipinski definition) is 3. The fraction of sp³-hybridized carbons (Fsp3) is 0.269. The van der Waals surface area contributed by atoms with Gasteiger partial charge in [0.05, 0.1) is 13.2 Å². The number of primary amides is 1. The van der Waals surface area contributed by atoms with E-state index in [1.807, 2.05) is 13.8 Å². The Kier molecular flexibility index (Phi) is 12.4. The zero-order valence-electron chi connectivity index (χ0n) is 20.6. The summed E-state index contributed by atoms with van der Waals surface area (Å²) in [5.74, 6) is -1.98. The van der Waals surface area contributed by atoms with E-state index in [1.165, 1.54) is 37.4 Å². The van der Waals surface area contributed by atoms with Crippen LogP contribution >= 0.6 is 0 Å². The lowest BCUT2D eigenvalue weighted by atomic mass is 10.0. The van der Waals surface area contributed by atoms with E-state index in [1.54, 1.807) is 31.2 Å². The molecule has 0 aliphatic carbocycles. The highest BCUT2D eigenvalue weighted by Gasteiger charge is 2.26. The van der Waals surface area contributed by atoms with Crippen LogP contribution in [0.4, 0.5) is 8.78 Å². The first-order chi connectivity index (χ1) is 17.0. The van der Waals surface area contributed by atoms with Crippen molar-refractivity contribution in [3.05, 3.63) is 89.2 Å². The molecule has 3 aromatic rings. The number of esters is 1. The third-order valence-electron chi connectivity index (χ3n) is 4.67. The molecule has 0 saturated heterocycles. The predicted molar refractivity (Wildman–Crippen MR) is 128 cm³/mol. The van der Waals surface area contributed by atoms with Crippen molar-refractivity contribution >= 4 is 11.9 Å². The maximum Gasteiger partial charge on any atom is 0.366 e. The summed E-state index contributed by atoms with van der Waals surface area (Å²) in [5, 5.41) is 18.4. The van der Waals surface area contributed by atoms with Crippen LogP contribution in [0.5, 0.6) is 11.5 Å². The average molecular weight is 506 g/mol. The molecule has 4 N–H and O–H groups in total. The molecule has 8 nitrogen and oxygen atoms in total. The molecule has 194 valence electrons. The molecule has 0 fully saturated rings. The smallest absolute Gasteiger partial charge is 0.366 e. The van der Waals surface area contributed by atoms with Crippen LogP contribution in [0.25, 0.3) is 0 Å². The third-order valence-corrected chi connectivity index (χ3v) is 4.67. The number of nitrogens with zero attached hydrogens (tertiary/aromatic N) is 1. The van der Waals surface area contributed by atoms with Crippen LogP contribution in [-0.4, -0.2) is 35.4 Å². The lowest BCUT2D eigenvalue weighted by molar-refractivity contribution is -0.906. The Morgan fingerprint density at radius 2 is 1.72 bits per heavy atom. The number of carbonyl (C=O) groups excluding carboxylic acids is 2. The van der Waals surface area contributed by atoms with Crippen LogP contribution in [-0.2, 0) is 16.0 Å². The van der Waals surface area contributed by atoms with Crippen molar-refractivity contribution in [2.45, 2.75) is 39.7 Å². The molecule has 0 bridgehead atoms. The molecule has 10 heteroatoms. The van der Waals surface area contributed by atoms with Gasteiger partial charge in [-0.05, 0) is 49.2 Å². The molecule has 1 amide bonds. The Hall–Kier alpha value is -4.21. The Morgan fingerprint density at radius 3 is 2.19 bits per heavy atom. The maximum atomic E-state index is 12.9. The molecule has 1 atom stereocenters. The summed E-state index contributed by atoms with van der Waals surface area (Å²) in [5.41, 5.74) is 6.39. The molecule has 0 aliphatic rings. The molecule has 2 aromatic carbocycles. The second-order valence-corrected chi connectivity index (χ2v) is 7.51. The lowest BCUT2D eigenvalue weighted by Gasteiger charge is -2.14. The summed E-state index contributed by atoms with van der Waals surface area (Å²) in [4.78, 5) is 21.8. The van der Waals surface area contributed by atoms with Gasteiger partial charge < -0.3 is 20.3 Å². The van der Waals surface area contributed by atoms with E-state index in [0.29, 0.717) is 17.6 Å². The van der Waals surface area contributed by atoms with Gasteiger partial charge in [0.1, 0.15) is 17.7 Å². The minimum absolute atomic E-state index is 0.0686. The van der Waals surface area contributed by atoms with Gasteiger partial charge in [0, 0.05) is 17.6 Å². The van der Waals surface area contributed by atoms with Crippen molar-refractivity contribution in [2.75, 3.05) is 7.11 Å². The van der Waals surface area contributed by atoms with Gasteiger partial charge in [-0.1, -0.05) is 31.2 Å². The fourth-order valence-corrected chi connectivity index (χ4v) is 2.87. The topological polar surface area (TPSA) is 123 Å². The molecule has 0 spiro atoms.